The molecule has 0 aliphatic rings. The SMILES string of the molecule is CCOC(=O)c1sc2nc(C)nc(N[C@@H](CCOC)c3ccco3)c2c1C. The second-order valence-corrected chi connectivity index (χ2v) is 7.07. The number of nitrogens with zero attached hydrogens (tertiary/aromatic N) is 2. The number of carbonyl (C=O) groups excluding carboxylic acids is 1. The van der Waals surface area contributed by atoms with Gasteiger partial charge in [0.05, 0.1) is 24.3 Å². The number of fused-ring (bicyclic) bond motifs is 1. The molecule has 27 heavy (non-hydrogen) atoms. The first kappa shape index (κ1) is 19.3. The van der Waals surface area contributed by atoms with Crippen LogP contribution in [0.1, 0.15) is 46.2 Å². The van der Waals surface area contributed by atoms with Crippen molar-refractivity contribution < 1.29 is 18.7 Å². The number of esters is 1. The van der Waals surface area contributed by atoms with E-state index in [1.54, 1.807) is 20.3 Å². The van der Waals surface area contributed by atoms with E-state index in [9.17, 15) is 4.79 Å². The molecule has 3 aromatic heterocycles. The molecule has 0 aliphatic carbocycles. The van der Waals surface area contributed by atoms with Crippen LogP contribution in [0.5, 0.6) is 0 Å². The van der Waals surface area contributed by atoms with Gasteiger partial charge in [-0.3, -0.25) is 0 Å². The Morgan fingerprint density at radius 2 is 2.19 bits per heavy atom. The van der Waals surface area contributed by atoms with Gasteiger partial charge in [-0.25, -0.2) is 14.8 Å². The average Bonchev–Trinajstić information content (AvgIpc) is 3.27. The van der Waals surface area contributed by atoms with Crippen LogP contribution < -0.4 is 5.32 Å². The smallest absolute Gasteiger partial charge is 0.348 e. The Bertz CT molecular complexity index is 921. The number of hydrogen-bond donors (Lipinski definition) is 1. The van der Waals surface area contributed by atoms with Crippen LogP contribution >= 0.6 is 11.3 Å². The molecule has 0 saturated heterocycles. The lowest BCUT2D eigenvalue weighted by Crippen LogP contribution is -2.14. The Balaban J connectivity index is 2.03. The molecule has 0 aromatic carbocycles. The minimum absolute atomic E-state index is 0.109. The summed E-state index contributed by atoms with van der Waals surface area (Å²) in [6, 6.07) is 3.66. The zero-order valence-electron chi connectivity index (χ0n) is 15.9. The van der Waals surface area contributed by atoms with Crippen molar-refractivity contribution in [1.82, 2.24) is 9.97 Å². The first-order valence-corrected chi connectivity index (χ1v) is 9.60. The van der Waals surface area contributed by atoms with Gasteiger partial charge in [-0.05, 0) is 44.9 Å². The summed E-state index contributed by atoms with van der Waals surface area (Å²) in [5, 5.41) is 4.29. The van der Waals surface area contributed by atoms with Crippen LogP contribution in [0.3, 0.4) is 0 Å². The van der Waals surface area contributed by atoms with Crippen molar-refractivity contribution >= 4 is 33.3 Å². The Hall–Kier alpha value is -2.45. The fourth-order valence-electron chi connectivity index (χ4n) is 2.92. The zero-order valence-corrected chi connectivity index (χ0v) is 16.7. The van der Waals surface area contributed by atoms with Crippen LogP contribution in [0.4, 0.5) is 5.82 Å². The van der Waals surface area contributed by atoms with Crippen molar-refractivity contribution in [2.45, 2.75) is 33.2 Å². The summed E-state index contributed by atoms with van der Waals surface area (Å²) in [5.41, 5.74) is 0.820. The van der Waals surface area contributed by atoms with Gasteiger partial charge in [0.2, 0.25) is 0 Å². The van der Waals surface area contributed by atoms with Crippen molar-refractivity contribution in [2.24, 2.45) is 0 Å². The predicted molar refractivity (Wildman–Crippen MR) is 104 cm³/mol. The molecule has 144 valence electrons. The molecule has 0 spiro atoms. The van der Waals surface area contributed by atoms with Crippen LogP contribution in [-0.2, 0) is 9.47 Å². The molecule has 1 atom stereocenters. The highest BCUT2D eigenvalue weighted by molar-refractivity contribution is 7.20. The van der Waals surface area contributed by atoms with Gasteiger partial charge in [0.25, 0.3) is 0 Å². The standard InChI is InChI=1S/C19H23N3O4S/c1-5-25-19(23)16-11(2)15-17(20-12(3)21-18(15)27-16)22-13(8-10-24-4)14-7-6-9-26-14/h6-7,9,13H,5,8,10H2,1-4H3,(H,20,21,22)/t13-/m0/s1. The van der Waals surface area contributed by atoms with Crippen LogP contribution in [-0.4, -0.2) is 36.3 Å². The average molecular weight is 389 g/mol. The molecule has 0 saturated carbocycles. The Kier molecular flexibility index (Phi) is 6.08. The van der Waals surface area contributed by atoms with E-state index in [-0.39, 0.29) is 12.0 Å². The Morgan fingerprint density at radius 1 is 1.37 bits per heavy atom. The maximum atomic E-state index is 12.3. The molecule has 7 nitrogen and oxygen atoms in total. The van der Waals surface area contributed by atoms with Gasteiger partial charge in [0.1, 0.15) is 27.1 Å². The molecule has 8 heteroatoms. The van der Waals surface area contributed by atoms with E-state index < -0.39 is 0 Å². The van der Waals surface area contributed by atoms with E-state index >= 15 is 0 Å². The van der Waals surface area contributed by atoms with Gasteiger partial charge in [0.15, 0.2) is 0 Å². The lowest BCUT2D eigenvalue weighted by Gasteiger charge is -2.18. The summed E-state index contributed by atoms with van der Waals surface area (Å²) >= 11 is 1.33. The highest BCUT2D eigenvalue weighted by Gasteiger charge is 2.23. The monoisotopic (exact) mass is 389 g/mol. The van der Waals surface area contributed by atoms with Gasteiger partial charge in [-0.15, -0.1) is 11.3 Å². The third-order valence-electron chi connectivity index (χ3n) is 4.17. The van der Waals surface area contributed by atoms with Crippen LogP contribution in [0.25, 0.3) is 10.2 Å². The van der Waals surface area contributed by atoms with Gasteiger partial charge < -0.3 is 19.2 Å². The third-order valence-corrected chi connectivity index (χ3v) is 5.34. The number of aromatic nitrogens is 2. The maximum Gasteiger partial charge on any atom is 0.348 e. The molecule has 0 radical (unpaired) electrons. The van der Waals surface area contributed by atoms with E-state index in [2.05, 4.69) is 15.3 Å². The number of thiophene rings is 1. The quantitative estimate of drug-likeness (QED) is 0.576. The second kappa shape index (κ2) is 8.49. The first-order valence-electron chi connectivity index (χ1n) is 8.78. The third kappa shape index (κ3) is 4.12. The molecule has 0 aliphatic heterocycles. The van der Waals surface area contributed by atoms with E-state index in [1.807, 2.05) is 26.0 Å². The van der Waals surface area contributed by atoms with Gasteiger partial charge >= 0.3 is 5.97 Å². The van der Waals surface area contributed by atoms with E-state index in [1.165, 1.54) is 11.3 Å². The molecule has 1 N–H and O–H groups in total. The summed E-state index contributed by atoms with van der Waals surface area (Å²) in [5.74, 6) is 1.78. The van der Waals surface area contributed by atoms with Crippen molar-refractivity contribution in [3.05, 3.63) is 40.4 Å². The normalized spacial score (nSPS) is 12.3. The number of carbonyl (C=O) groups is 1. The minimum Gasteiger partial charge on any atom is -0.467 e. The summed E-state index contributed by atoms with van der Waals surface area (Å²) in [6.45, 7) is 6.43. The number of nitrogens with one attached hydrogen (secondary N) is 1. The Morgan fingerprint density at radius 3 is 2.85 bits per heavy atom. The highest BCUT2D eigenvalue weighted by atomic mass is 32.1. The minimum atomic E-state index is -0.330. The summed E-state index contributed by atoms with van der Waals surface area (Å²) in [6.07, 6.45) is 2.36. The largest absolute Gasteiger partial charge is 0.467 e. The topological polar surface area (TPSA) is 86.5 Å². The fourth-order valence-corrected chi connectivity index (χ4v) is 4.04. The lowest BCUT2D eigenvalue weighted by atomic mass is 10.1. The van der Waals surface area contributed by atoms with Crippen LogP contribution in [0, 0.1) is 13.8 Å². The number of methoxy groups -OCH3 is 1. The molecule has 0 bridgehead atoms. The number of hydrogen-bond acceptors (Lipinski definition) is 8. The number of ether oxygens (including phenoxy) is 2. The summed E-state index contributed by atoms with van der Waals surface area (Å²) in [7, 11) is 1.67. The number of aryl methyl sites for hydroxylation is 2. The molecule has 0 fully saturated rings. The lowest BCUT2D eigenvalue weighted by molar-refractivity contribution is 0.0531. The highest BCUT2D eigenvalue weighted by Crippen LogP contribution is 2.36. The second-order valence-electron chi connectivity index (χ2n) is 6.07. The van der Waals surface area contributed by atoms with Crippen molar-refractivity contribution in [2.75, 3.05) is 25.6 Å². The summed E-state index contributed by atoms with van der Waals surface area (Å²) < 4.78 is 16.0. The van der Waals surface area contributed by atoms with Crippen molar-refractivity contribution in [3.8, 4) is 0 Å². The predicted octanol–water partition coefficient (Wildman–Crippen LogP) is 4.27. The Labute approximate surface area is 161 Å². The van der Waals surface area contributed by atoms with Gasteiger partial charge in [-0.1, -0.05) is 0 Å². The van der Waals surface area contributed by atoms with E-state index in [0.717, 1.165) is 21.5 Å². The molecule has 3 aromatic rings. The number of anilines is 1. The fraction of sp³-hybridized carbons (Fsp3) is 0.421. The van der Waals surface area contributed by atoms with Crippen molar-refractivity contribution in [1.29, 1.82) is 0 Å². The first-order chi connectivity index (χ1) is 13.0. The van der Waals surface area contributed by atoms with Crippen LogP contribution in [0.15, 0.2) is 22.8 Å². The van der Waals surface area contributed by atoms with Crippen molar-refractivity contribution in [3.63, 3.8) is 0 Å². The summed E-state index contributed by atoms with van der Waals surface area (Å²) in [4.78, 5) is 22.7. The molecular weight excluding hydrogens is 366 g/mol. The van der Waals surface area contributed by atoms with E-state index in [4.69, 9.17) is 13.9 Å². The van der Waals surface area contributed by atoms with E-state index in [0.29, 0.717) is 36.2 Å². The molecule has 0 unspecified atom stereocenters. The molecule has 0 amide bonds. The molecular formula is C19H23N3O4S. The van der Waals surface area contributed by atoms with Gasteiger partial charge in [-0.2, -0.15) is 0 Å². The molecule has 3 rings (SSSR count). The van der Waals surface area contributed by atoms with Crippen LogP contribution in [0.2, 0.25) is 0 Å². The number of rotatable bonds is 8. The maximum absolute atomic E-state index is 12.3. The zero-order chi connectivity index (χ0) is 19.4. The molecule has 3 heterocycles. The van der Waals surface area contributed by atoms with Gasteiger partial charge in [0, 0.05) is 13.7 Å². The number of furan rings is 1.